The minimum atomic E-state index is -1.17. The highest BCUT2D eigenvalue weighted by atomic mass is 16.5. The van der Waals surface area contributed by atoms with Crippen LogP contribution >= 0.6 is 0 Å². The summed E-state index contributed by atoms with van der Waals surface area (Å²) in [4.78, 5) is 20.7. The Balaban J connectivity index is 3.69. The van der Waals surface area contributed by atoms with Crippen molar-refractivity contribution in [2.75, 3.05) is 0 Å². The number of hydrogen-bond donors (Lipinski definition) is 1. The zero-order chi connectivity index (χ0) is 10.1. The Kier molecular flexibility index (Phi) is 6.23. The predicted octanol–water partition coefficient (Wildman–Crippen LogP) is 1.48. The van der Waals surface area contributed by atoms with E-state index in [4.69, 9.17) is 5.11 Å². The summed E-state index contributed by atoms with van der Waals surface area (Å²) in [5, 5.41) is 8.16. The van der Waals surface area contributed by atoms with Crippen LogP contribution in [0.5, 0.6) is 0 Å². The molecule has 0 saturated carbocycles. The van der Waals surface area contributed by atoms with Gasteiger partial charge in [0.1, 0.15) is 0 Å². The van der Waals surface area contributed by atoms with E-state index in [9.17, 15) is 9.59 Å². The van der Waals surface area contributed by atoms with E-state index in [0.29, 0.717) is 0 Å². The Morgan fingerprint density at radius 3 is 2.62 bits per heavy atom. The summed E-state index contributed by atoms with van der Waals surface area (Å²) in [7, 11) is 0. The van der Waals surface area contributed by atoms with Gasteiger partial charge in [-0.1, -0.05) is 13.3 Å². The topological polar surface area (TPSA) is 63.6 Å². The zero-order valence-corrected chi connectivity index (χ0v) is 7.40. The van der Waals surface area contributed by atoms with Crippen LogP contribution < -0.4 is 0 Å². The van der Waals surface area contributed by atoms with Gasteiger partial charge in [-0.2, -0.15) is 0 Å². The summed E-state index contributed by atoms with van der Waals surface area (Å²) in [6.07, 6.45) is 6.36. The molecule has 4 heteroatoms. The SMILES string of the molecule is CCCC=COC(=O)/C=C/C(=O)O. The van der Waals surface area contributed by atoms with Crippen molar-refractivity contribution in [2.24, 2.45) is 0 Å². The molecule has 0 aromatic rings. The maximum absolute atomic E-state index is 10.7. The maximum atomic E-state index is 10.7. The Morgan fingerprint density at radius 1 is 1.38 bits per heavy atom. The molecular weight excluding hydrogens is 172 g/mol. The molecule has 4 nitrogen and oxygen atoms in total. The van der Waals surface area contributed by atoms with Crippen molar-refractivity contribution in [2.45, 2.75) is 19.8 Å². The second-order valence-electron chi connectivity index (χ2n) is 2.27. The molecule has 1 N–H and O–H groups in total. The smallest absolute Gasteiger partial charge is 0.335 e. The summed E-state index contributed by atoms with van der Waals surface area (Å²) < 4.78 is 4.52. The lowest BCUT2D eigenvalue weighted by Gasteiger charge is -1.90. The average Bonchev–Trinajstić information content (AvgIpc) is 2.09. The van der Waals surface area contributed by atoms with Crippen LogP contribution in [0.1, 0.15) is 19.8 Å². The second kappa shape index (κ2) is 7.09. The number of carbonyl (C=O) groups excluding carboxylic acids is 1. The third-order valence-corrected chi connectivity index (χ3v) is 1.10. The number of carbonyl (C=O) groups is 2. The molecule has 0 fully saturated rings. The monoisotopic (exact) mass is 184 g/mol. The summed E-state index contributed by atoms with van der Waals surface area (Å²) >= 11 is 0. The highest BCUT2D eigenvalue weighted by molar-refractivity contribution is 5.90. The first-order valence-corrected chi connectivity index (χ1v) is 3.93. The highest BCUT2D eigenvalue weighted by Crippen LogP contribution is 1.90. The van der Waals surface area contributed by atoms with E-state index >= 15 is 0 Å². The molecule has 72 valence electrons. The lowest BCUT2D eigenvalue weighted by atomic mass is 10.3. The quantitative estimate of drug-likeness (QED) is 0.399. The van der Waals surface area contributed by atoms with Gasteiger partial charge in [0.05, 0.1) is 6.26 Å². The number of aliphatic carboxylic acids is 1. The van der Waals surface area contributed by atoms with Gasteiger partial charge in [-0.05, 0) is 12.5 Å². The summed E-state index contributed by atoms with van der Waals surface area (Å²) in [5.74, 6) is -1.86. The second-order valence-corrected chi connectivity index (χ2v) is 2.27. The van der Waals surface area contributed by atoms with E-state index in [1.54, 1.807) is 6.08 Å². The fourth-order valence-electron chi connectivity index (χ4n) is 0.528. The molecule has 0 aliphatic heterocycles. The number of carboxylic acids is 1. The largest absolute Gasteiger partial charge is 0.478 e. The normalized spacial score (nSPS) is 10.8. The Bertz CT molecular complexity index is 228. The van der Waals surface area contributed by atoms with Crippen LogP contribution in [0.25, 0.3) is 0 Å². The van der Waals surface area contributed by atoms with Gasteiger partial charge < -0.3 is 9.84 Å². The number of carboxylic acid groups (broad SMARTS) is 1. The zero-order valence-electron chi connectivity index (χ0n) is 7.40. The molecule has 0 amide bonds. The van der Waals surface area contributed by atoms with Gasteiger partial charge in [0.2, 0.25) is 0 Å². The molecule has 0 aliphatic rings. The van der Waals surface area contributed by atoms with Crippen molar-refractivity contribution in [3.63, 3.8) is 0 Å². The molecule has 0 bridgehead atoms. The molecular formula is C9H12O4. The molecule has 0 atom stereocenters. The minimum Gasteiger partial charge on any atom is -0.478 e. The third-order valence-electron chi connectivity index (χ3n) is 1.10. The highest BCUT2D eigenvalue weighted by Gasteiger charge is 1.94. The van der Waals surface area contributed by atoms with Crippen molar-refractivity contribution < 1.29 is 19.4 Å². The molecule has 0 rings (SSSR count). The summed E-state index contributed by atoms with van der Waals surface area (Å²) in [6.45, 7) is 2.00. The van der Waals surface area contributed by atoms with Crippen LogP contribution in [0.4, 0.5) is 0 Å². The molecule has 0 unspecified atom stereocenters. The molecule has 0 aromatic carbocycles. The fourth-order valence-corrected chi connectivity index (χ4v) is 0.528. The predicted molar refractivity (Wildman–Crippen MR) is 46.9 cm³/mol. The molecule has 0 spiro atoms. The van der Waals surface area contributed by atoms with Gasteiger partial charge >= 0.3 is 11.9 Å². The molecule has 0 radical (unpaired) electrons. The van der Waals surface area contributed by atoms with Crippen molar-refractivity contribution in [3.8, 4) is 0 Å². The van der Waals surface area contributed by atoms with Crippen molar-refractivity contribution >= 4 is 11.9 Å². The summed E-state index contributed by atoms with van der Waals surface area (Å²) in [5.41, 5.74) is 0. The van der Waals surface area contributed by atoms with Crippen LogP contribution in [0.2, 0.25) is 0 Å². The van der Waals surface area contributed by atoms with Gasteiger partial charge in [-0.15, -0.1) is 0 Å². The molecule has 0 saturated heterocycles. The molecule has 0 aliphatic carbocycles. The van der Waals surface area contributed by atoms with E-state index in [0.717, 1.165) is 25.0 Å². The van der Waals surface area contributed by atoms with Crippen molar-refractivity contribution in [3.05, 3.63) is 24.5 Å². The van der Waals surface area contributed by atoms with Gasteiger partial charge in [-0.25, -0.2) is 9.59 Å². The van der Waals surface area contributed by atoms with Gasteiger partial charge in [0.25, 0.3) is 0 Å². The van der Waals surface area contributed by atoms with Gasteiger partial charge in [0.15, 0.2) is 0 Å². The Morgan fingerprint density at radius 2 is 2.08 bits per heavy atom. The molecule has 13 heavy (non-hydrogen) atoms. The number of allylic oxidation sites excluding steroid dienone is 1. The van der Waals surface area contributed by atoms with Gasteiger partial charge in [-0.3, -0.25) is 0 Å². The van der Waals surface area contributed by atoms with Crippen molar-refractivity contribution in [1.29, 1.82) is 0 Å². The van der Waals surface area contributed by atoms with E-state index in [1.165, 1.54) is 6.26 Å². The molecule has 0 heterocycles. The molecule has 0 aromatic heterocycles. The minimum absolute atomic E-state index is 0.685. The van der Waals surface area contributed by atoms with Crippen LogP contribution in [-0.2, 0) is 14.3 Å². The first-order chi connectivity index (χ1) is 6.16. The van der Waals surface area contributed by atoms with E-state index in [-0.39, 0.29) is 0 Å². The van der Waals surface area contributed by atoms with Crippen LogP contribution in [0.3, 0.4) is 0 Å². The van der Waals surface area contributed by atoms with Gasteiger partial charge in [0, 0.05) is 12.2 Å². The first-order valence-electron chi connectivity index (χ1n) is 3.93. The average molecular weight is 184 g/mol. The summed E-state index contributed by atoms with van der Waals surface area (Å²) in [6, 6.07) is 0. The van der Waals surface area contributed by atoms with E-state index < -0.39 is 11.9 Å². The Hall–Kier alpha value is -1.58. The number of unbranched alkanes of at least 4 members (excludes halogenated alkanes) is 1. The maximum Gasteiger partial charge on any atom is 0.335 e. The van der Waals surface area contributed by atoms with E-state index in [1.807, 2.05) is 6.92 Å². The standard InChI is InChI=1S/C9H12O4/c1-2-3-4-7-13-9(12)6-5-8(10)11/h4-7H,2-3H2,1H3,(H,10,11)/b6-5+,7-4?. The number of rotatable bonds is 5. The number of esters is 1. The third kappa shape index (κ3) is 8.33. The first kappa shape index (κ1) is 11.4. The number of ether oxygens (including phenoxy) is 1. The van der Waals surface area contributed by atoms with Crippen LogP contribution in [0.15, 0.2) is 24.5 Å². The fraction of sp³-hybridized carbons (Fsp3) is 0.333. The lowest BCUT2D eigenvalue weighted by Crippen LogP contribution is -1.96. The van der Waals surface area contributed by atoms with Crippen LogP contribution in [-0.4, -0.2) is 17.0 Å². The number of hydrogen-bond acceptors (Lipinski definition) is 3. The van der Waals surface area contributed by atoms with Crippen molar-refractivity contribution in [1.82, 2.24) is 0 Å². The van der Waals surface area contributed by atoms with E-state index in [2.05, 4.69) is 4.74 Å². The lowest BCUT2D eigenvalue weighted by molar-refractivity contribution is -0.134. The Labute approximate surface area is 76.5 Å². The van der Waals surface area contributed by atoms with Crippen LogP contribution in [0, 0.1) is 0 Å².